The number of amides is 3. The molecular formula is C34H38N4O8. The number of hydrogen-bond acceptors (Lipinski definition) is 8. The molecule has 46 heavy (non-hydrogen) atoms. The van der Waals surface area contributed by atoms with Crippen molar-refractivity contribution in [2.75, 3.05) is 27.3 Å². The van der Waals surface area contributed by atoms with Crippen molar-refractivity contribution in [2.45, 2.75) is 57.0 Å². The standard InChI is InChI=1S/C34H38N4O8/c1-44-29-14-11-22(19-31(29)45-2)15-16-37-21-32(39)36-27(33(40)35-25-8-4-3-5-9-25)18-23-7-6-10-26(17-23)46-30-20-24(34(37)41)12-13-28(30)38(42)43/h6-7,10-14,17,19-20,25,27H,3-5,8-9,15-16,18,21H2,1-2H3,(H,35,40)(H,36,39). The van der Waals surface area contributed by atoms with E-state index in [1.54, 1.807) is 36.4 Å². The number of rotatable bonds is 8. The van der Waals surface area contributed by atoms with Crippen LogP contribution in [0.2, 0.25) is 0 Å². The molecule has 1 aliphatic carbocycles. The van der Waals surface area contributed by atoms with Gasteiger partial charge in [-0.15, -0.1) is 0 Å². The third-order valence-electron chi connectivity index (χ3n) is 8.31. The van der Waals surface area contributed by atoms with Crippen LogP contribution in [-0.2, 0) is 22.4 Å². The number of methoxy groups -OCH3 is 2. The molecule has 242 valence electrons. The molecule has 4 bridgehead atoms. The monoisotopic (exact) mass is 630 g/mol. The molecule has 0 saturated heterocycles. The lowest BCUT2D eigenvalue weighted by molar-refractivity contribution is -0.385. The van der Waals surface area contributed by atoms with E-state index in [1.807, 2.05) is 6.07 Å². The van der Waals surface area contributed by atoms with E-state index in [4.69, 9.17) is 14.2 Å². The van der Waals surface area contributed by atoms with Crippen molar-refractivity contribution in [3.05, 3.63) is 87.5 Å². The molecule has 5 rings (SSSR count). The van der Waals surface area contributed by atoms with Crippen LogP contribution in [0.1, 0.15) is 53.6 Å². The summed E-state index contributed by atoms with van der Waals surface area (Å²) >= 11 is 0. The highest BCUT2D eigenvalue weighted by molar-refractivity contribution is 5.98. The summed E-state index contributed by atoms with van der Waals surface area (Å²) in [5.41, 5.74) is 1.33. The van der Waals surface area contributed by atoms with Crippen LogP contribution >= 0.6 is 0 Å². The Balaban J connectivity index is 1.48. The van der Waals surface area contributed by atoms with E-state index in [1.165, 1.54) is 37.3 Å². The zero-order chi connectivity index (χ0) is 32.6. The van der Waals surface area contributed by atoms with E-state index in [9.17, 15) is 24.5 Å². The minimum absolute atomic E-state index is 0.0334. The van der Waals surface area contributed by atoms with Gasteiger partial charge in [-0.2, -0.15) is 0 Å². The van der Waals surface area contributed by atoms with Crippen LogP contribution in [0, 0.1) is 10.1 Å². The van der Waals surface area contributed by atoms with Crippen LogP contribution in [0.25, 0.3) is 0 Å². The molecule has 1 saturated carbocycles. The number of nitrogens with one attached hydrogen (secondary N) is 2. The van der Waals surface area contributed by atoms with Gasteiger partial charge in [0.2, 0.25) is 17.6 Å². The molecule has 12 nitrogen and oxygen atoms in total. The fourth-order valence-corrected chi connectivity index (χ4v) is 5.88. The number of benzene rings is 3. The molecule has 1 unspecified atom stereocenters. The van der Waals surface area contributed by atoms with Crippen LogP contribution in [0.5, 0.6) is 23.0 Å². The first kappa shape index (κ1) is 32.3. The fourth-order valence-electron chi connectivity index (χ4n) is 5.88. The molecule has 12 heteroatoms. The number of carbonyl (C=O) groups excluding carboxylic acids is 3. The summed E-state index contributed by atoms with van der Waals surface area (Å²) in [5.74, 6) is -0.0625. The predicted molar refractivity (Wildman–Crippen MR) is 169 cm³/mol. The Hall–Kier alpha value is -5.13. The van der Waals surface area contributed by atoms with Gasteiger partial charge >= 0.3 is 5.69 Å². The van der Waals surface area contributed by atoms with Gasteiger partial charge in [0.15, 0.2) is 11.5 Å². The first-order chi connectivity index (χ1) is 22.2. The summed E-state index contributed by atoms with van der Waals surface area (Å²) in [6.07, 6.45) is 5.48. The average molecular weight is 631 g/mol. The Bertz CT molecular complexity index is 1600. The van der Waals surface area contributed by atoms with Gasteiger partial charge in [-0.1, -0.05) is 37.5 Å². The first-order valence-corrected chi connectivity index (χ1v) is 15.4. The summed E-state index contributed by atoms with van der Waals surface area (Å²) < 4.78 is 16.7. The van der Waals surface area contributed by atoms with E-state index >= 15 is 0 Å². The summed E-state index contributed by atoms with van der Waals surface area (Å²) in [7, 11) is 3.07. The van der Waals surface area contributed by atoms with Gasteiger partial charge in [-0.25, -0.2) is 0 Å². The maximum atomic E-state index is 13.9. The highest BCUT2D eigenvalue weighted by Gasteiger charge is 2.28. The largest absolute Gasteiger partial charge is 0.493 e. The van der Waals surface area contributed by atoms with Crippen molar-refractivity contribution in [1.82, 2.24) is 15.5 Å². The van der Waals surface area contributed by atoms with Gasteiger partial charge in [0.1, 0.15) is 11.8 Å². The Morgan fingerprint density at radius 3 is 2.54 bits per heavy atom. The van der Waals surface area contributed by atoms with Crippen molar-refractivity contribution < 1.29 is 33.5 Å². The summed E-state index contributed by atoms with van der Waals surface area (Å²) in [6.45, 7) is -0.209. The molecule has 3 aromatic rings. The maximum absolute atomic E-state index is 13.9. The van der Waals surface area contributed by atoms with Gasteiger partial charge in [0.05, 0.1) is 25.7 Å². The fraction of sp³-hybridized carbons (Fsp3) is 0.382. The van der Waals surface area contributed by atoms with Gasteiger partial charge in [0.25, 0.3) is 5.91 Å². The van der Waals surface area contributed by atoms with E-state index in [0.717, 1.165) is 37.7 Å². The second-order valence-electron chi connectivity index (χ2n) is 11.5. The van der Waals surface area contributed by atoms with Gasteiger partial charge in [-0.05, 0) is 60.7 Å². The quantitative estimate of drug-likeness (QED) is 0.271. The minimum Gasteiger partial charge on any atom is -0.493 e. The number of ether oxygens (including phenoxy) is 3. The molecule has 0 radical (unpaired) electrons. The van der Waals surface area contributed by atoms with Gasteiger partial charge < -0.3 is 29.7 Å². The SMILES string of the molecule is COc1ccc(CCN2CC(=O)NC(C(=O)NC3CCCCC3)Cc3cccc(c3)Oc3cc(ccc3[N+](=O)[O-])C2=O)cc1OC. The first-order valence-electron chi connectivity index (χ1n) is 15.4. The number of nitro groups is 1. The summed E-state index contributed by atoms with van der Waals surface area (Å²) in [5, 5.41) is 17.8. The Morgan fingerprint density at radius 1 is 1.02 bits per heavy atom. The molecule has 1 fully saturated rings. The van der Waals surface area contributed by atoms with E-state index in [0.29, 0.717) is 29.2 Å². The Kier molecular flexibility index (Phi) is 10.4. The van der Waals surface area contributed by atoms with Gasteiger partial charge in [-0.3, -0.25) is 24.5 Å². The smallest absolute Gasteiger partial charge is 0.311 e. The van der Waals surface area contributed by atoms with Crippen molar-refractivity contribution in [1.29, 1.82) is 0 Å². The third kappa shape index (κ3) is 7.92. The molecular weight excluding hydrogens is 592 g/mol. The van der Waals surface area contributed by atoms with Crippen molar-refractivity contribution in [3.8, 4) is 23.0 Å². The summed E-state index contributed by atoms with van der Waals surface area (Å²) in [6, 6.07) is 15.2. The third-order valence-corrected chi connectivity index (χ3v) is 8.31. The second kappa shape index (κ2) is 14.8. The molecule has 1 heterocycles. The van der Waals surface area contributed by atoms with E-state index in [-0.39, 0.29) is 48.5 Å². The molecule has 3 amide bonds. The zero-order valence-electron chi connectivity index (χ0n) is 26.0. The zero-order valence-corrected chi connectivity index (χ0v) is 26.0. The second-order valence-corrected chi connectivity index (χ2v) is 11.5. The van der Waals surface area contributed by atoms with Crippen molar-refractivity contribution >= 4 is 23.4 Å². The number of carbonyl (C=O) groups is 3. The van der Waals surface area contributed by atoms with Crippen molar-refractivity contribution in [2.24, 2.45) is 0 Å². The van der Waals surface area contributed by atoms with Crippen LogP contribution in [0.3, 0.4) is 0 Å². The molecule has 3 aromatic carbocycles. The van der Waals surface area contributed by atoms with Crippen LogP contribution in [0.4, 0.5) is 5.69 Å². The maximum Gasteiger partial charge on any atom is 0.311 e. The normalized spacial score (nSPS) is 17.3. The molecule has 1 atom stereocenters. The van der Waals surface area contributed by atoms with Crippen LogP contribution < -0.4 is 24.8 Å². The molecule has 2 aliphatic rings. The highest BCUT2D eigenvalue weighted by Crippen LogP contribution is 2.34. The van der Waals surface area contributed by atoms with E-state index < -0.39 is 22.8 Å². The Morgan fingerprint density at radius 2 is 1.80 bits per heavy atom. The van der Waals surface area contributed by atoms with Crippen molar-refractivity contribution in [3.63, 3.8) is 0 Å². The molecule has 0 aromatic heterocycles. The number of nitrogens with zero attached hydrogens (tertiary/aromatic N) is 2. The number of fused-ring (bicyclic) bond motifs is 4. The summed E-state index contributed by atoms with van der Waals surface area (Å²) in [4.78, 5) is 53.6. The highest BCUT2D eigenvalue weighted by atomic mass is 16.6. The predicted octanol–water partition coefficient (Wildman–Crippen LogP) is 4.58. The topological polar surface area (TPSA) is 149 Å². The lowest BCUT2D eigenvalue weighted by atomic mass is 9.95. The lowest BCUT2D eigenvalue weighted by Crippen LogP contribution is -2.53. The van der Waals surface area contributed by atoms with Crippen LogP contribution in [-0.4, -0.2) is 66.9 Å². The Labute approximate surface area is 267 Å². The number of nitro benzene ring substituents is 1. The number of hydrogen-bond donors (Lipinski definition) is 2. The minimum atomic E-state index is -0.914. The van der Waals surface area contributed by atoms with E-state index in [2.05, 4.69) is 10.6 Å². The van der Waals surface area contributed by atoms with Crippen LogP contribution in [0.15, 0.2) is 60.7 Å². The molecule has 1 aliphatic heterocycles. The lowest BCUT2D eigenvalue weighted by Gasteiger charge is -2.28. The molecule has 2 N–H and O–H groups in total. The average Bonchev–Trinajstić information content (AvgIpc) is 3.06. The van der Waals surface area contributed by atoms with Gasteiger partial charge in [0, 0.05) is 36.7 Å². The molecule has 0 spiro atoms.